The Morgan fingerprint density at radius 2 is 2.15 bits per heavy atom. The van der Waals surface area contributed by atoms with Crippen LogP contribution in [-0.2, 0) is 20.9 Å². The van der Waals surface area contributed by atoms with Crippen molar-refractivity contribution in [3.8, 4) is 0 Å². The summed E-state index contributed by atoms with van der Waals surface area (Å²) in [6.07, 6.45) is 3.76. The molecule has 27 heavy (non-hydrogen) atoms. The van der Waals surface area contributed by atoms with Crippen molar-refractivity contribution in [2.45, 2.75) is 13.5 Å². The molecule has 6 nitrogen and oxygen atoms in total. The summed E-state index contributed by atoms with van der Waals surface area (Å²) in [6, 6.07) is 7.83. The Hall–Kier alpha value is -2.16. The topological polar surface area (TPSA) is 63.6 Å². The molecule has 0 bridgehead atoms. The molecule has 142 valence electrons. The van der Waals surface area contributed by atoms with E-state index in [-0.39, 0.29) is 18.4 Å². The molecule has 0 radical (unpaired) electrons. The van der Waals surface area contributed by atoms with Crippen LogP contribution in [0.15, 0.2) is 35.4 Å². The van der Waals surface area contributed by atoms with Gasteiger partial charge in [-0.05, 0) is 19.1 Å². The Labute approximate surface area is 167 Å². The van der Waals surface area contributed by atoms with Gasteiger partial charge in [-0.25, -0.2) is 0 Å². The lowest BCUT2D eigenvalue weighted by atomic mass is 10.1. The molecular weight excluding hydrogens is 382 g/mol. The zero-order valence-corrected chi connectivity index (χ0v) is 16.9. The number of amides is 2. The number of hydrogen-bond donors (Lipinski definition) is 1. The van der Waals surface area contributed by atoms with Crippen LogP contribution >= 0.6 is 24.0 Å². The molecule has 0 unspecified atom stereocenters. The van der Waals surface area contributed by atoms with Crippen molar-refractivity contribution in [2.24, 2.45) is 0 Å². The van der Waals surface area contributed by atoms with Gasteiger partial charge in [-0.15, -0.1) is 0 Å². The molecule has 1 aromatic heterocycles. The molecule has 2 amide bonds. The molecule has 0 atom stereocenters. The van der Waals surface area contributed by atoms with Crippen LogP contribution in [0, 0.1) is 0 Å². The van der Waals surface area contributed by atoms with Gasteiger partial charge in [0.1, 0.15) is 10.9 Å². The van der Waals surface area contributed by atoms with Gasteiger partial charge in [0.2, 0.25) is 5.91 Å². The van der Waals surface area contributed by atoms with Crippen molar-refractivity contribution >= 4 is 57.1 Å². The molecule has 8 heteroatoms. The number of carbonyl (C=O) groups excluding carboxylic acids is 2. The highest BCUT2D eigenvalue weighted by Crippen LogP contribution is 2.34. The number of methoxy groups -OCH3 is 1. The van der Waals surface area contributed by atoms with E-state index in [0.717, 1.165) is 16.5 Å². The van der Waals surface area contributed by atoms with Crippen molar-refractivity contribution in [3.63, 3.8) is 0 Å². The molecule has 1 N–H and O–H groups in total. The van der Waals surface area contributed by atoms with Crippen LogP contribution in [0.2, 0.25) is 0 Å². The average molecular weight is 404 g/mol. The standard InChI is InChI=1S/C19H21N3O3S2/c1-3-22-18(24)16(27-19(22)26)10-13-11-21(12-17(23)20-8-9-25-2)15-7-5-4-6-14(13)15/h4-7,10-11H,3,8-9,12H2,1-2H3,(H,20,23)/b16-10-. The Morgan fingerprint density at radius 1 is 1.37 bits per heavy atom. The molecule has 1 aliphatic rings. The first-order valence-electron chi connectivity index (χ1n) is 8.64. The van der Waals surface area contributed by atoms with Gasteiger partial charge in [-0.2, -0.15) is 0 Å². The number of rotatable bonds is 7. The Morgan fingerprint density at radius 3 is 2.85 bits per heavy atom. The quantitative estimate of drug-likeness (QED) is 0.437. The predicted octanol–water partition coefficient (Wildman–Crippen LogP) is 2.63. The molecule has 0 spiro atoms. The molecule has 1 aromatic carbocycles. The zero-order valence-electron chi connectivity index (χ0n) is 15.2. The van der Waals surface area contributed by atoms with Crippen LogP contribution in [0.1, 0.15) is 12.5 Å². The molecule has 1 aliphatic heterocycles. The zero-order chi connectivity index (χ0) is 19.4. The van der Waals surface area contributed by atoms with Gasteiger partial charge in [-0.3, -0.25) is 14.5 Å². The lowest BCUT2D eigenvalue weighted by Crippen LogP contribution is -2.30. The number of benzene rings is 1. The first-order valence-corrected chi connectivity index (χ1v) is 9.86. The number of ether oxygens (including phenoxy) is 1. The van der Waals surface area contributed by atoms with Crippen molar-refractivity contribution in [1.29, 1.82) is 0 Å². The second-order valence-corrected chi connectivity index (χ2v) is 7.67. The highest BCUT2D eigenvalue weighted by atomic mass is 32.2. The number of nitrogens with zero attached hydrogens (tertiary/aromatic N) is 2. The van der Waals surface area contributed by atoms with E-state index >= 15 is 0 Å². The van der Waals surface area contributed by atoms with E-state index in [2.05, 4.69) is 5.32 Å². The first-order chi connectivity index (χ1) is 13.0. The molecular formula is C19H21N3O3S2. The van der Waals surface area contributed by atoms with E-state index in [4.69, 9.17) is 17.0 Å². The number of thiocarbonyl (C=S) groups is 1. The number of fused-ring (bicyclic) bond motifs is 1. The van der Waals surface area contributed by atoms with Crippen molar-refractivity contribution in [3.05, 3.63) is 40.9 Å². The third kappa shape index (κ3) is 4.23. The maximum atomic E-state index is 12.5. The van der Waals surface area contributed by atoms with Gasteiger partial charge < -0.3 is 14.6 Å². The van der Waals surface area contributed by atoms with Crippen LogP contribution in [0.25, 0.3) is 17.0 Å². The molecule has 0 saturated carbocycles. The highest BCUT2D eigenvalue weighted by Gasteiger charge is 2.30. The van der Waals surface area contributed by atoms with Crippen LogP contribution < -0.4 is 5.32 Å². The predicted molar refractivity (Wildman–Crippen MR) is 112 cm³/mol. The van der Waals surface area contributed by atoms with E-state index in [0.29, 0.717) is 28.9 Å². The minimum absolute atomic E-state index is 0.0679. The summed E-state index contributed by atoms with van der Waals surface area (Å²) < 4.78 is 7.42. The number of hydrogen-bond acceptors (Lipinski definition) is 5. The van der Waals surface area contributed by atoms with E-state index in [9.17, 15) is 9.59 Å². The van der Waals surface area contributed by atoms with Gasteiger partial charge in [0.05, 0.1) is 11.5 Å². The van der Waals surface area contributed by atoms with Gasteiger partial charge in [0, 0.05) is 42.9 Å². The Balaban J connectivity index is 1.89. The third-order valence-electron chi connectivity index (χ3n) is 4.24. The number of thioether (sulfide) groups is 1. The van der Waals surface area contributed by atoms with Crippen molar-refractivity contribution in [2.75, 3.05) is 26.8 Å². The second kappa shape index (κ2) is 8.69. The van der Waals surface area contributed by atoms with E-state index in [1.165, 1.54) is 11.8 Å². The van der Waals surface area contributed by atoms with Crippen molar-refractivity contribution in [1.82, 2.24) is 14.8 Å². The summed E-state index contributed by atoms with van der Waals surface area (Å²) in [5.41, 5.74) is 1.84. The van der Waals surface area contributed by atoms with Crippen LogP contribution in [0.5, 0.6) is 0 Å². The largest absolute Gasteiger partial charge is 0.383 e. The fraction of sp³-hybridized carbons (Fsp3) is 0.316. The van der Waals surface area contributed by atoms with Gasteiger partial charge in [0.15, 0.2) is 0 Å². The average Bonchev–Trinajstić information content (AvgIpc) is 3.13. The monoisotopic (exact) mass is 403 g/mol. The SMILES string of the molecule is CCN1C(=O)/C(=C/c2cn(CC(=O)NCCOC)c3ccccc23)SC1=S. The molecule has 0 aliphatic carbocycles. The minimum atomic E-state index is -0.0864. The lowest BCUT2D eigenvalue weighted by molar-refractivity contribution is -0.122. The molecule has 1 fully saturated rings. The van der Waals surface area contributed by atoms with Crippen LogP contribution in [-0.4, -0.2) is 52.4 Å². The van der Waals surface area contributed by atoms with E-state index < -0.39 is 0 Å². The molecule has 2 heterocycles. The number of para-hydroxylation sites is 1. The third-order valence-corrected chi connectivity index (χ3v) is 5.62. The Bertz CT molecular complexity index is 920. The van der Waals surface area contributed by atoms with Crippen LogP contribution in [0.3, 0.4) is 0 Å². The van der Waals surface area contributed by atoms with Gasteiger partial charge >= 0.3 is 0 Å². The number of carbonyl (C=O) groups is 2. The molecule has 2 aromatic rings. The first kappa shape index (κ1) is 19.6. The maximum absolute atomic E-state index is 12.5. The fourth-order valence-corrected chi connectivity index (χ4v) is 4.31. The van der Waals surface area contributed by atoms with Crippen molar-refractivity contribution < 1.29 is 14.3 Å². The summed E-state index contributed by atoms with van der Waals surface area (Å²) >= 11 is 6.59. The highest BCUT2D eigenvalue weighted by molar-refractivity contribution is 8.26. The maximum Gasteiger partial charge on any atom is 0.266 e. The number of aromatic nitrogens is 1. The van der Waals surface area contributed by atoms with E-state index in [1.54, 1.807) is 12.0 Å². The smallest absolute Gasteiger partial charge is 0.266 e. The summed E-state index contributed by atoms with van der Waals surface area (Å²) in [5, 5.41) is 3.81. The van der Waals surface area contributed by atoms with Gasteiger partial charge in [0.25, 0.3) is 5.91 Å². The lowest BCUT2D eigenvalue weighted by Gasteiger charge is -2.09. The summed E-state index contributed by atoms with van der Waals surface area (Å²) in [4.78, 5) is 26.9. The Kier molecular flexibility index (Phi) is 6.30. The second-order valence-electron chi connectivity index (χ2n) is 6.00. The fourth-order valence-electron chi connectivity index (χ4n) is 2.94. The summed E-state index contributed by atoms with van der Waals surface area (Å²) in [5.74, 6) is -0.154. The normalized spacial score (nSPS) is 15.9. The van der Waals surface area contributed by atoms with Crippen LogP contribution in [0.4, 0.5) is 0 Å². The van der Waals surface area contributed by atoms with Gasteiger partial charge in [-0.1, -0.05) is 42.2 Å². The van der Waals surface area contributed by atoms with E-state index in [1.807, 2.05) is 48.0 Å². The summed E-state index contributed by atoms with van der Waals surface area (Å²) in [7, 11) is 1.60. The molecule has 1 saturated heterocycles. The summed E-state index contributed by atoms with van der Waals surface area (Å²) in [6.45, 7) is 3.62. The minimum Gasteiger partial charge on any atom is -0.383 e. The molecule has 3 rings (SSSR count). The number of nitrogens with one attached hydrogen (secondary N) is 1. The number of likely N-dealkylation sites (N-methyl/N-ethyl adjacent to an activating group) is 1.